The maximum Gasteiger partial charge on any atom is 0.0347 e. The Morgan fingerprint density at radius 2 is 0.638 bits per heavy atom. The van der Waals surface area contributed by atoms with Gasteiger partial charge in [-0.05, 0) is 157 Å². The van der Waals surface area contributed by atoms with Gasteiger partial charge in [0.25, 0.3) is 0 Å². The normalized spacial score (nSPS) is 13.7. The van der Waals surface area contributed by atoms with E-state index in [1.807, 2.05) is 27.7 Å². The summed E-state index contributed by atoms with van der Waals surface area (Å²) in [5.74, 6) is 0.0691. The van der Waals surface area contributed by atoms with E-state index >= 15 is 0 Å². The summed E-state index contributed by atoms with van der Waals surface area (Å²) in [5, 5.41) is 0. The van der Waals surface area contributed by atoms with E-state index < -0.39 is 12.7 Å². The Hall–Kier alpha value is -3.90. The van der Waals surface area contributed by atoms with E-state index in [9.17, 15) is 0 Å². The van der Waals surface area contributed by atoms with Crippen molar-refractivity contribution in [1.29, 1.82) is 0 Å². The van der Waals surface area contributed by atoms with Crippen molar-refractivity contribution >= 4 is 0 Å². The molecular formula is C69H108. The smallest absolute Gasteiger partial charge is 0.0347 e. The highest BCUT2D eigenvalue weighted by molar-refractivity contribution is 5.46. The molecule has 0 heterocycles. The summed E-state index contributed by atoms with van der Waals surface area (Å²) in [4.78, 5) is 0. The quantitative estimate of drug-likeness (QED) is 0.165. The van der Waals surface area contributed by atoms with Crippen molar-refractivity contribution in [3.8, 4) is 0 Å². The van der Waals surface area contributed by atoms with E-state index in [2.05, 4.69) is 258 Å². The largest absolute Gasteiger partial charge is 0.0620 e. The van der Waals surface area contributed by atoms with Gasteiger partial charge in [-0.2, -0.15) is 0 Å². The molecule has 0 saturated carbocycles. The zero-order valence-electron chi connectivity index (χ0n) is 54.3. The summed E-state index contributed by atoms with van der Waals surface area (Å²) < 4.78 is 30.7. The first kappa shape index (κ1) is 56.0. The highest BCUT2D eigenvalue weighted by Crippen LogP contribution is 2.39. The second kappa shape index (κ2) is 24.5. The van der Waals surface area contributed by atoms with E-state index in [1.165, 1.54) is 55.6 Å². The van der Waals surface area contributed by atoms with Crippen LogP contribution < -0.4 is 0 Å². The van der Waals surface area contributed by atoms with Crippen molar-refractivity contribution in [1.82, 2.24) is 0 Å². The SMILES string of the molecule is CC(C)(C)c1ccccc1C(C)(C)C.CC(C)c1ccccc1C(C)(C)C.Cc1cccc(C)c1C(C)(C)C.[2H]C(C)(C)c1cccc(C(C)(C)C)c1C(C)(C)C.[2H]C([2H])([2H])c1cc(C)c(C(C)(C)C)c(C)c1. The lowest BCUT2D eigenvalue weighted by atomic mass is 9.71. The van der Waals surface area contributed by atoms with E-state index in [4.69, 9.17) is 5.48 Å². The fourth-order valence-electron chi connectivity index (χ4n) is 10.0. The number of hydrogen-bond donors (Lipinski definition) is 0. The summed E-state index contributed by atoms with van der Waals surface area (Å²) in [7, 11) is 0. The van der Waals surface area contributed by atoms with Gasteiger partial charge < -0.3 is 0 Å². The zero-order valence-corrected chi connectivity index (χ0v) is 50.3. The summed E-state index contributed by atoms with van der Waals surface area (Å²) in [6.45, 7) is 62.0. The van der Waals surface area contributed by atoms with Gasteiger partial charge in [-0.25, -0.2) is 0 Å². The van der Waals surface area contributed by atoms with Crippen LogP contribution in [0.15, 0.2) is 97.1 Å². The molecule has 0 spiro atoms. The first-order chi connectivity index (χ1) is 32.5. The Morgan fingerprint density at radius 1 is 0.333 bits per heavy atom. The van der Waals surface area contributed by atoms with Gasteiger partial charge in [0.05, 0.1) is 0 Å². The molecule has 0 N–H and O–H groups in total. The monoisotopic (exact) mass is 941 g/mol. The van der Waals surface area contributed by atoms with Crippen molar-refractivity contribution in [2.75, 3.05) is 0 Å². The lowest BCUT2D eigenvalue weighted by Gasteiger charge is -2.33. The second-order valence-electron chi connectivity index (χ2n) is 27.5. The number of aryl methyl sites for hydroxylation is 5. The first-order valence-electron chi connectivity index (χ1n) is 28.0. The number of hydrogen-bond acceptors (Lipinski definition) is 0. The molecule has 0 bridgehead atoms. The Bertz CT molecular complexity index is 2400. The Balaban J connectivity index is 0.000000459. The molecule has 0 radical (unpaired) electrons. The van der Waals surface area contributed by atoms with E-state index in [0.29, 0.717) is 11.5 Å². The Kier molecular flexibility index (Phi) is 19.9. The molecule has 0 heteroatoms. The molecule has 0 unspecified atom stereocenters. The van der Waals surface area contributed by atoms with Gasteiger partial charge >= 0.3 is 0 Å². The summed E-state index contributed by atoms with van der Waals surface area (Å²) in [6.07, 6.45) is 0. The average Bonchev–Trinajstić information content (AvgIpc) is 3.18. The summed E-state index contributed by atoms with van der Waals surface area (Å²) >= 11 is 0. The third-order valence-electron chi connectivity index (χ3n) is 12.6. The fourth-order valence-corrected chi connectivity index (χ4v) is 10.0. The number of rotatable bonds is 2. The molecule has 0 amide bonds. The molecule has 0 saturated heterocycles. The molecule has 0 atom stereocenters. The van der Waals surface area contributed by atoms with Crippen molar-refractivity contribution in [2.24, 2.45) is 0 Å². The van der Waals surface area contributed by atoms with Gasteiger partial charge in [0, 0.05) is 5.48 Å². The van der Waals surface area contributed by atoms with Gasteiger partial charge in [-0.3, -0.25) is 0 Å². The van der Waals surface area contributed by atoms with Crippen molar-refractivity contribution in [3.63, 3.8) is 0 Å². The molecule has 0 aromatic heterocycles. The zero-order chi connectivity index (χ0) is 57.5. The van der Waals surface area contributed by atoms with Crippen LogP contribution in [0, 0.1) is 34.5 Å². The van der Waals surface area contributed by atoms with Crippen molar-refractivity contribution in [2.45, 2.75) is 257 Å². The van der Waals surface area contributed by atoms with E-state index in [0.717, 1.165) is 16.7 Å². The minimum Gasteiger partial charge on any atom is -0.0620 e. The maximum atomic E-state index is 8.39. The summed E-state index contributed by atoms with van der Waals surface area (Å²) in [5.41, 5.74) is 19.1. The van der Waals surface area contributed by atoms with Crippen LogP contribution in [0.2, 0.25) is 0 Å². The van der Waals surface area contributed by atoms with Crippen LogP contribution in [-0.4, -0.2) is 0 Å². The van der Waals surface area contributed by atoms with Gasteiger partial charge in [0.15, 0.2) is 0 Å². The van der Waals surface area contributed by atoms with Crippen LogP contribution in [0.5, 0.6) is 0 Å². The standard InChI is InChI=1S/C17H28.C14H22.2C13H20.C12H18/c1-12(2)13-10-9-11-14(16(3,4)5)15(13)17(6,7)8;1-13(2,3)11-9-7-8-10-12(11)14(4,5)6;1-9-7-10(2)12(11(3)8-9)13(4,5)6;1-10(2)11-8-6-7-9-12(11)13(3,4)5;1-9-7-6-8-10(2)11(9)12(3,4)5/h9-12H,1-8H3;7-10H,1-6H3;7-8H,1-6H3;6-10H,1-5H3;6-8H,1-5H3/i12D;;1D3;;. The van der Waals surface area contributed by atoms with Crippen LogP contribution in [-0.2, 0) is 37.9 Å². The lowest BCUT2D eigenvalue weighted by molar-refractivity contribution is 0.521. The molecule has 0 nitrogen and oxygen atoms in total. The molecule has 69 heavy (non-hydrogen) atoms. The van der Waals surface area contributed by atoms with Crippen LogP contribution in [0.3, 0.4) is 0 Å². The molecule has 384 valence electrons. The second-order valence-corrected chi connectivity index (χ2v) is 27.5. The molecule has 0 aliphatic heterocycles. The molecule has 5 aromatic carbocycles. The third-order valence-corrected chi connectivity index (χ3v) is 12.6. The van der Waals surface area contributed by atoms with Crippen molar-refractivity contribution < 1.29 is 5.48 Å². The minimum absolute atomic E-state index is 0.0570. The Labute approximate surface area is 436 Å². The van der Waals surface area contributed by atoms with Crippen LogP contribution >= 0.6 is 0 Å². The highest BCUT2D eigenvalue weighted by atomic mass is 14.3. The van der Waals surface area contributed by atoms with Gasteiger partial charge in [-0.1, -0.05) is 276 Å². The first-order valence-corrected chi connectivity index (χ1v) is 26.0. The molecule has 0 fully saturated rings. The molecule has 5 aromatic rings. The van der Waals surface area contributed by atoms with Crippen molar-refractivity contribution in [3.05, 3.63) is 175 Å². The van der Waals surface area contributed by atoms with Crippen LogP contribution in [0.25, 0.3) is 0 Å². The van der Waals surface area contributed by atoms with Gasteiger partial charge in [-0.15, -0.1) is 0 Å². The third kappa shape index (κ3) is 19.7. The highest BCUT2D eigenvalue weighted by Gasteiger charge is 2.28. The molecule has 0 aliphatic rings. The fraction of sp³-hybridized carbons (Fsp3) is 0.565. The Morgan fingerprint density at radius 3 is 0.928 bits per heavy atom. The predicted octanol–water partition coefficient (Wildman–Crippen LogP) is 21.3. The topological polar surface area (TPSA) is 0 Å². The lowest BCUT2D eigenvalue weighted by Crippen LogP contribution is -2.24. The van der Waals surface area contributed by atoms with Gasteiger partial charge in [0.1, 0.15) is 0 Å². The molecular weight excluding hydrogens is 829 g/mol. The van der Waals surface area contributed by atoms with Crippen LogP contribution in [0.4, 0.5) is 0 Å². The predicted molar refractivity (Wildman–Crippen MR) is 315 cm³/mol. The van der Waals surface area contributed by atoms with E-state index in [1.54, 1.807) is 12.1 Å². The summed E-state index contributed by atoms with van der Waals surface area (Å²) in [6, 6.07) is 34.0. The minimum atomic E-state index is -2.01. The molecule has 5 rings (SSSR count). The maximum absolute atomic E-state index is 8.39. The van der Waals surface area contributed by atoms with E-state index in [-0.39, 0.29) is 37.9 Å². The average molecular weight is 942 g/mol. The van der Waals surface area contributed by atoms with Crippen LogP contribution in [0.1, 0.15) is 268 Å². The number of benzene rings is 5. The molecule has 0 aliphatic carbocycles. The van der Waals surface area contributed by atoms with Gasteiger partial charge in [0.2, 0.25) is 0 Å².